The number of halogens is 3. The molecule has 0 fully saturated rings. The zero-order chi connectivity index (χ0) is 20.4. The molecule has 0 spiro atoms. The molecule has 3 rings (SSSR count). The Morgan fingerprint density at radius 1 is 0.571 bits per heavy atom. The molecule has 0 aliphatic rings. The molecule has 6 heteroatoms. The highest BCUT2D eigenvalue weighted by Gasteiger charge is 2.45. The van der Waals surface area contributed by atoms with Crippen molar-refractivity contribution < 1.29 is 9.46 Å². The maximum absolute atomic E-state index is 6.38. The Bertz CT molecular complexity index is 807. The molecule has 0 N–H and O–H groups in total. The van der Waals surface area contributed by atoms with Gasteiger partial charge in [0.2, 0.25) is 0 Å². The fourth-order valence-corrected chi connectivity index (χ4v) is 6.84. The Balaban J connectivity index is 2.27. The van der Waals surface area contributed by atoms with Gasteiger partial charge in [-0.15, -0.1) is 0 Å². The van der Waals surface area contributed by atoms with E-state index >= 15 is 0 Å². The van der Waals surface area contributed by atoms with Crippen molar-refractivity contribution in [2.45, 2.75) is 26.4 Å². The molecule has 0 atom stereocenters. The third-order valence-corrected chi connectivity index (χ3v) is 8.70. The molecule has 0 aromatic heterocycles. The third-order valence-electron chi connectivity index (χ3n) is 4.17. The molecule has 0 aliphatic heterocycles. The fourth-order valence-electron chi connectivity index (χ4n) is 2.89. The molecule has 2 nitrogen and oxygen atoms in total. The highest BCUT2D eigenvalue weighted by molar-refractivity contribution is 7.07. The minimum atomic E-state index is -3.00. The monoisotopic (exact) mass is 450 g/mol. The van der Waals surface area contributed by atoms with Gasteiger partial charge in [-0.05, 0) is 72.7 Å². The van der Waals surface area contributed by atoms with Crippen molar-refractivity contribution in [2.75, 3.05) is 0 Å². The second-order valence-electron chi connectivity index (χ2n) is 7.48. The number of hydrogen-bond acceptors (Lipinski definition) is 2. The van der Waals surface area contributed by atoms with Crippen LogP contribution < -0.4 is 15.6 Å². The van der Waals surface area contributed by atoms with Gasteiger partial charge in [-0.1, -0.05) is 71.2 Å². The first-order chi connectivity index (χ1) is 13.2. The lowest BCUT2D eigenvalue weighted by Gasteiger charge is -2.34. The summed E-state index contributed by atoms with van der Waals surface area (Å²) in [6, 6.07) is 23.1. The van der Waals surface area contributed by atoms with Crippen molar-refractivity contribution >= 4 is 58.7 Å². The predicted octanol–water partition coefficient (Wildman–Crippen LogP) is 5.36. The van der Waals surface area contributed by atoms with E-state index in [0.29, 0.717) is 15.1 Å². The van der Waals surface area contributed by atoms with Crippen molar-refractivity contribution in [3.63, 3.8) is 0 Å². The smallest absolute Gasteiger partial charge is 0.269 e. The molecule has 28 heavy (non-hydrogen) atoms. The van der Waals surface area contributed by atoms with Crippen LogP contribution in [-0.2, 0) is 9.46 Å². The summed E-state index contributed by atoms with van der Waals surface area (Å²) in [7, 11) is -3.00. The predicted molar refractivity (Wildman–Crippen MR) is 121 cm³/mol. The van der Waals surface area contributed by atoms with Crippen molar-refractivity contribution in [3.8, 4) is 0 Å². The van der Waals surface area contributed by atoms with Crippen LogP contribution in [0.4, 0.5) is 0 Å². The van der Waals surface area contributed by atoms with Crippen molar-refractivity contribution in [2.24, 2.45) is 0 Å². The quantitative estimate of drug-likeness (QED) is 0.225. The van der Waals surface area contributed by atoms with E-state index in [9.17, 15) is 0 Å². The van der Waals surface area contributed by atoms with E-state index in [-0.39, 0.29) is 0 Å². The van der Waals surface area contributed by atoms with Crippen LogP contribution in [0, 0.1) is 0 Å². The maximum Gasteiger partial charge on any atom is 0.331 e. The zero-order valence-corrected chi connectivity index (χ0v) is 19.1. The lowest BCUT2D eigenvalue weighted by molar-refractivity contribution is -0.281. The first-order valence-electron chi connectivity index (χ1n) is 8.86. The van der Waals surface area contributed by atoms with Gasteiger partial charge in [-0.25, -0.2) is 4.89 Å². The van der Waals surface area contributed by atoms with E-state index < -0.39 is 13.9 Å². The van der Waals surface area contributed by atoms with Crippen LogP contribution in [-0.4, -0.2) is 13.9 Å². The van der Waals surface area contributed by atoms with Crippen LogP contribution in [0.15, 0.2) is 72.8 Å². The average molecular weight is 452 g/mol. The topological polar surface area (TPSA) is 18.5 Å². The standard InChI is InChI=1S/C22H21Cl3O2Si/c1-22(2,3)26-27-28(19-10-4-16(23)5-11-19,20-12-6-17(24)7-13-20)21-14-8-18(25)9-15-21/h4-15H,1-3H3. The van der Waals surface area contributed by atoms with Crippen LogP contribution in [0.3, 0.4) is 0 Å². The second kappa shape index (κ2) is 8.58. The van der Waals surface area contributed by atoms with Gasteiger partial charge in [0.15, 0.2) is 0 Å². The van der Waals surface area contributed by atoms with Crippen LogP contribution in [0.2, 0.25) is 15.1 Å². The molecule has 0 bridgehead atoms. The van der Waals surface area contributed by atoms with Gasteiger partial charge in [-0.3, -0.25) is 4.58 Å². The molecular formula is C22H21Cl3O2Si. The van der Waals surface area contributed by atoms with Gasteiger partial charge in [0.1, 0.15) is 0 Å². The van der Waals surface area contributed by atoms with Crippen LogP contribution >= 0.6 is 34.8 Å². The van der Waals surface area contributed by atoms with Crippen molar-refractivity contribution in [1.82, 2.24) is 0 Å². The Morgan fingerprint density at radius 2 is 0.857 bits per heavy atom. The highest BCUT2D eigenvalue weighted by atomic mass is 35.5. The Labute approximate surface area is 182 Å². The van der Waals surface area contributed by atoms with Gasteiger partial charge in [0.25, 0.3) is 0 Å². The summed E-state index contributed by atoms with van der Waals surface area (Å²) in [5, 5.41) is 5.00. The first-order valence-corrected chi connectivity index (χ1v) is 11.9. The number of rotatable bonds is 5. The summed E-state index contributed by atoms with van der Waals surface area (Å²) in [4.78, 5) is 5.91. The zero-order valence-electron chi connectivity index (χ0n) is 15.9. The molecular weight excluding hydrogens is 431 g/mol. The van der Waals surface area contributed by atoms with Gasteiger partial charge in [0, 0.05) is 15.1 Å². The van der Waals surface area contributed by atoms with Gasteiger partial charge in [0.05, 0.1) is 5.60 Å². The van der Waals surface area contributed by atoms with E-state index in [1.54, 1.807) is 0 Å². The van der Waals surface area contributed by atoms with E-state index in [4.69, 9.17) is 44.3 Å². The lowest BCUT2D eigenvalue weighted by Crippen LogP contribution is -2.69. The maximum atomic E-state index is 6.38. The Hall–Kier alpha value is -1.33. The van der Waals surface area contributed by atoms with E-state index in [2.05, 4.69) is 0 Å². The molecule has 3 aromatic rings. The largest absolute Gasteiger partial charge is 0.331 e. The second-order valence-corrected chi connectivity index (χ2v) is 12.1. The molecule has 0 saturated carbocycles. The molecule has 0 unspecified atom stereocenters. The Morgan fingerprint density at radius 3 is 1.11 bits per heavy atom. The Kier molecular flexibility index (Phi) is 6.55. The highest BCUT2D eigenvalue weighted by Crippen LogP contribution is 2.19. The summed E-state index contributed by atoms with van der Waals surface area (Å²) in [5.41, 5.74) is -0.483. The number of benzene rings is 3. The van der Waals surface area contributed by atoms with Crippen molar-refractivity contribution in [1.29, 1.82) is 0 Å². The molecule has 0 aliphatic carbocycles. The van der Waals surface area contributed by atoms with E-state index in [1.807, 2.05) is 93.6 Å². The molecule has 0 saturated heterocycles. The van der Waals surface area contributed by atoms with Crippen LogP contribution in [0.5, 0.6) is 0 Å². The van der Waals surface area contributed by atoms with Crippen LogP contribution in [0.1, 0.15) is 20.8 Å². The van der Waals surface area contributed by atoms with Gasteiger partial charge in [-0.2, -0.15) is 0 Å². The molecule has 3 aromatic carbocycles. The summed E-state index contributed by atoms with van der Waals surface area (Å²) < 4.78 is 6.38. The summed E-state index contributed by atoms with van der Waals surface area (Å²) in [6.45, 7) is 5.87. The molecule has 146 valence electrons. The minimum absolute atomic E-state index is 0.483. The number of hydrogen-bond donors (Lipinski definition) is 0. The van der Waals surface area contributed by atoms with E-state index in [1.165, 1.54) is 0 Å². The normalized spacial score (nSPS) is 12.2. The average Bonchev–Trinajstić information content (AvgIpc) is 2.65. The lowest BCUT2D eigenvalue weighted by atomic mass is 10.2. The first kappa shape index (κ1) is 21.4. The third kappa shape index (κ3) is 4.80. The molecule has 0 amide bonds. The fraction of sp³-hybridized carbons (Fsp3) is 0.182. The molecule has 0 radical (unpaired) electrons. The SMILES string of the molecule is CC(C)(C)OO[Si](c1ccc(Cl)cc1)(c1ccc(Cl)cc1)c1ccc(Cl)cc1. The van der Waals surface area contributed by atoms with Crippen LogP contribution in [0.25, 0.3) is 0 Å². The van der Waals surface area contributed by atoms with Gasteiger partial charge < -0.3 is 0 Å². The summed E-state index contributed by atoms with van der Waals surface area (Å²) >= 11 is 18.5. The van der Waals surface area contributed by atoms with Gasteiger partial charge >= 0.3 is 8.32 Å². The summed E-state index contributed by atoms with van der Waals surface area (Å²) in [6.07, 6.45) is 0. The minimum Gasteiger partial charge on any atom is -0.269 e. The van der Waals surface area contributed by atoms with Crippen molar-refractivity contribution in [3.05, 3.63) is 87.9 Å². The van der Waals surface area contributed by atoms with E-state index in [0.717, 1.165) is 15.6 Å². The summed E-state index contributed by atoms with van der Waals surface area (Å²) in [5.74, 6) is 0. The molecule has 0 heterocycles.